The van der Waals surface area contributed by atoms with Crippen molar-refractivity contribution in [1.29, 1.82) is 0 Å². The number of aliphatic hydroxyl groups is 5. The molecule has 0 aromatic heterocycles. The summed E-state index contributed by atoms with van der Waals surface area (Å²) < 4.78 is 18.3. The number of Topliss-reactive ketones (excluding diaryl/α,β-unsaturated/α-hetero) is 1. The Morgan fingerprint density at radius 2 is 1.66 bits per heavy atom. The smallest absolute Gasteiger partial charge is 0.334 e. The normalized spacial score (nSPS) is 31.9. The molecule has 7 aliphatic rings. The van der Waals surface area contributed by atoms with Gasteiger partial charge in [0.1, 0.15) is 40.7 Å². The molecule has 3 saturated carbocycles. The summed E-state index contributed by atoms with van der Waals surface area (Å²) in [5.74, 6) is 3.18. The lowest BCUT2D eigenvalue weighted by Gasteiger charge is -2.56. The number of likely N-dealkylation sites (N-methyl/N-ethyl adjacent to an activating group) is 1. The molecule has 408 valence electrons. The number of esters is 2. The molecule has 0 saturated heterocycles. The number of hydrogen-bond acceptors (Lipinski definition) is 14. The van der Waals surface area contributed by atoms with Crippen LogP contribution in [0.15, 0.2) is 54.1 Å². The average molecular weight is 1040 g/mol. The lowest BCUT2D eigenvalue weighted by atomic mass is 9.53. The first-order chi connectivity index (χ1) is 36.5. The molecule has 0 spiro atoms. The van der Waals surface area contributed by atoms with Gasteiger partial charge in [-0.1, -0.05) is 74.8 Å². The van der Waals surface area contributed by atoms with Crippen molar-refractivity contribution in [3.63, 3.8) is 0 Å². The van der Waals surface area contributed by atoms with Crippen LogP contribution in [-0.2, 0) is 49.5 Å². The van der Waals surface area contributed by atoms with Gasteiger partial charge in [-0.05, 0) is 147 Å². The van der Waals surface area contributed by atoms with Crippen LogP contribution in [0.1, 0.15) is 166 Å². The van der Waals surface area contributed by atoms with Gasteiger partial charge in [0, 0.05) is 73.2 Å². The Kier molecular flexibility index (Phi) is 15.9. The minimum absolute atomic E-state index is 0.0425. The number of methoxy groups -OCH3 is 1. The van der Waals surface area contributed by atoms with Crippen LogP contribution in [0.3, 0.4) is 0 Å². The van der Waals surface area contributed by atoms with Gasteiger partial charge in [0.15, 0.2) is 0 Å². The monoisotopic (exact) mass is 1040 g/mol. The number of carbonyl (C=O) groups is 3. The van der Waals surface area contributed by atoms with Crippen LogP contribution in [-0.4, -0.2) is 111 Å². The number of ketones is 1. The number of phenols is 1. The van der Waals surface area contributed by atoms with Crippen LogP contribution in [0.5, 0.6) is 11.5 Å². The zero-order valence-corrected chi connectivity index (χ0v) is 44.6. The van der Waals surface area contributed by atoms with Gasteiger partial charge in [-0.3, -0.25) is 9.59 Å². The van der Waals surface area contributed by atoms with Crippen molar-refractivity contribution in [2.45, 2.75) is 182 Å². The summed E-state index contributed by atoms with van der Waals surface area (Å²) in [7, 11) is 3.25. The Bertz CT molecular complexity index is 2790. The van der Waals surface area contributed by atoms with Crippen LogP contribution in [0.2, 0.25) is 0 Å². The standard InChI is InChI=1S/C62H78N2O12/c1-5-42-16-17-44-47-24-35-11-9-10-34(22-35)23-43(65)26-41-25-37(39-27-48-45(18-20-50(63-3)58(48)70)51(29-39)64-33-61(2,72)53(67)32-74-4)14-15-38-31-55(68)76-59-46(38)28-40(57(69)56(59)36-12-7-6-8-13-36)30-54(75-60(41)71)62(42,73)49(44)19-21-52(47)66/h9-11,22,26-29,36-38,42-44,47,49-50,53-54,58,63-65,67,69-70,72-73H,5-8,12-13,16-21,23-25,30-33H2,1-4H3. The largest absolute Gasteiger partial charge is 0.507 e. The summed E-state index contributed by atoms with van der Waals surface area (Å²) >= 11 is 0. The van der Waals surface area contributed by atoms with Crippen molar-refractivity contribution in [2.24, 2.45) is 23.7 Å². The van der Waals surface area contributed by atoms with Crippen LogP contribution in [0.25, 0.3) is 0 Å². The Morgan fingerprint density at radius 1 is 0.895 bits per heavy atom. The third-order valence-electron chi connectivity index (χ3n) is 18.8. The van der Waals surface area contributed by atoms with Gasteiger partial charge in [0.05, 0.1) is 31.2 Å². The van der Waals surface area contributed by atoms with Crippen molar-refractivity contribution < 1.29 is 59.2 Å². The number of hydrogen-bond donors (Lipinski definition) is 8. The zero-order chi connectivity index (χ0) is 53.6. The number of anilines is 1. The number of fused-ring (bicyclic) bond motifs is 8. The van der Waals surface area contributed by atoms with E-state index in [9.17, 15) is 40.2 Å². The third-order valence-corrected chi connectivity index (χ3v) is 18.8. The Labute approximate surface area is 447 Å². The average Bonchev–Trinajstić information content (AvgIpc) is 3.43. The molecule has 3 aliphatic heterocycles. The van der Waals surface area contributed by atoms with Crippen LogP contribution >= 0.6 is 0 Å². The van der Waals surface area contributed by atoms with Gasteiger partial charge in [0.2, 0.25) is 0 Å². The lowest BCUT2D eigenvalue weighted by molar-refractivity contribution is -0.212. The molecule has 10 rings (SSSR count). The number of benzene rings is 3. The fourth-order valence-corrected chi connectivity index (χ4v) is 14.6. The van der Waals surface area contributed by atoms with E-state index < -0.39 is 65.3 Å². The van der Waals surface area contributed by atoms with E-state index in [2.05, 4.69) is 22.5 Å². The van der Waals surface area contributed by atoms with E-state index in [1.54, 1.807) is 7.05 Å². The predicted octanol–water partition coefficient (Wildman–Crippen LogP) is 7.06. The second-order valence-electron chi connectivity index (χ2n) is 23.6. The van der Waals surface area contributed by atoms with Crippen LogP contribution in [0.4, 0.5) is 5.69 Å². The molecule has 3 heterocycles. The number of phenolic OH excluding ortho intramolecular Hbond substituents is 1. The Balaban J connectivity index is 1.20. The molecule has 0 amide bonds. The first-order valence-electron chi connectivity index (χ1n) is 28.2. The van der Waals surface area contributed by atoms with Crippen LogP contribution in [0, 0.1) is 35.5 Å². The number of rotatable bonds is 10. The Morgan fingerprint density at radius 3 is 2.41 bits per heavy atom. The molecule has 10 bridgehead atoms. The molecule has 14 nitrogen and oxygen atoms in total. The minimum Gasteiger partial charge on any atom is -0.507 e. The second kappa shape index (κ2) is 22.3. The van der Waals surface area contributed by atoms with Crippen LogP contribution < -0.4 is 15.4 Å². The summed E-state index contributed by atoms with van der Waals surface area (Å²) in [6.45, 7) is 3.37. The number of aliphatic hydroxyl groups excluding tert-OH is 3. The van der Waals surface area contributed by atoms with Gasteiger partial charge in [-0.25, -0.2) is 4.79 Å². The molecular formula is C62H78N2O12. The summed E-state index contributed by atoms with van der Waals surface area (Å²) in [5.41, 5.74) is 2.90. The van der Waals surface area contributed by atoms with E-state index in [-0.39, 0.29) is 92.1 Å². The van der Waals surface area contributed by atoms with Crippen molar-refractivity contribution in [1.82, 2.24) is 5.32 Å². The van der Waals surface area contributed by atoms with E-state index in [1.165, 1.54) is 20.1 Å². The molecule has 3 fully saturated rings. The summed E-state index contributed by atoms with van der Waals surface area (Å²) in [4.78, 5) is 43.8. The molecule has 3 aromatic rings. The summed E-state index contributed by atoms with van der Waals surface area (Å²) in [5, 5.41) is 80.0. The second-order valence-corrected chi connectivity index (χ2v) is 23.6. The van der Waals surface area contributed by atoms with E-state index in [1.807, 2.05) is 49.4 Å². The predicted molar refractivity (Wildman–Crippen MR) is 286 cm³/mol. The molecular weight excluding hydrogens is 965 g/mol. The first-order valence-corrected chi connectivity index (χ1v) is 28.2. The number of aromatic hydroxyl groups is 1. The SMILES string of the molecule is CCC1CCC2C3Cc4cccc(c4)CC(O)C=C4CC(c5cc(NCC(C)(O)C(O)COC)c6c(c5)C(O)C(NC)CC6)C#CC5CC(=O)Oc6c5cc(c(O)c6C5CCCCC5)CC(OC4=O)C1(O)C2CCC3=O. The number of carbonyl (C=O) groups excluding carboxylic acids is 3. The van der Waals surface area contributed by atoms with Gasteiger partial charge in [-0.15, -0.1) is 0 Å². The highest BCUT2D eigenvalue weighted by Gasteiger charge is 2.59. The van der Waals surface area contributed by atoms with Gasteiger partial charge < -0.3 is 55.5 Å². The van der Waals surface area contributed by atoms with Crippen molar-refractivity contribution in [2.75, 3.05) is 32.6 Å². The van der Waals surface area contributed by atoms with E-state index >= 15 is 4.79 Å². The lowest BCUT2D eigenvalue weighted by Crippen LogP contribution is -2.63. The molecule has 13 atom stereocenters. The minimum atomic E-state index is -1.65. The maximum absolute atomic E-state index is 15.7. The van der Waals surface area contributed by atoms with Gasteiger partial charge in [0.25, 0.3) is 0 Å². The summed E-state index contributed by atoms with van der Waals surface area (Å²) in [6, 6.07) is 13.3. The van der Waals surface area contributed by atoms with E-state index in [0.717, 1.165) is 55.2 Å². The fraction of sp³-hybridized carbons (Fsp3) is 0.597. The molecule has 0 radical (unpaired) electrons. The highest BCUT2D eigenvalue weighted by atomic mass is 16.6. The molecule has 14 heteroatoms. The fourth-order valence-electron chi connectivity index (χ4n) is 14.6. The summed E-state index contributed by atoms with van der Waals surface area (Å²) in [6.07, 6.45) is 5.52. The van der Waals surface area contributed by atoms with Crippen molar-refractivity contribution >= 4 is 23.4 Å². The van der Waals surface area contributed by atoms with Gasteiger partial charge in [-0.2, -0.15) is 0 Å². The topological polar surface area (TPSA) is 224 Å². The molecule has 13 unspecified atom stereocenters. The maximum atomic E-state index is 15.7. The maximum Gasteiger partial charge on any atom is 0.334 e. The molecule has 3 aromatic carbocycles. The first kappa shape index (κ1) is 54.3. The third kappa shape index (κ3) is 10.5. The quantitative estimate of drug-likeness (QED) is 0.0579. The molecule has 76 heavy (non-hydrogen) atoms. The van der Waals surface area contributed by atoms with Crippen molar-refractivity contribution in [3.05, 3.63) is 98.6 Å². The molecule has 8 N–H and O–H groups in total. The van der Waals surface area contributed by atoms with E-state index in [0.29, 0.717) is 77.8 Å². The van der Waals surface area contributed by atoms with Crippen molar-refractivity contribution in [3.8, 4) is 23.3 Å². The Hall–Kier alpha value is -5.11. The molecule has 4 aliphatic carbocycles. The van der Waals surface area contributed by atoms with Gasteiger partial charge >= 0.3 is 11.9 Å². The highest BCUT2D eigenvalue weighted by molar-refractivity contribution is 5.89. The zero-order valence-electron chi connectivity index (χ0n) is 44.6. The highest BCUT2D eigenvalue weighted by Crippen LogP contribution is 2.56. The van der Waals surface area contributed by atoms with E-state index in [4.69, 9.17) is 14.2 Å². The number of ether oxygens (including phenoxy) is 3. The number of nitrogens with one attached hydrogen (secondary N) is 2.